The molecule has 1 aliphatic carbocycles. The number of carbonyl (C=O) groups is 2. The minimum atomic E-state index is -1.94. The van der Waals surface area contributed by atoms with Crippen LogP contribution in [0, 0.1) is 5.41 Å². The zero-order valence-electron chi connectivity index (χ0n) is 12.3. The molecule has 6 heteroatoms. The fourth-order valence-corrected chi connectivity index (χ4v) is 2.57. The molecule has 1 fully saturated rings. The van der Waals surface area contributed by atoms with Gasteiger partial charge in [-0.3, -0.25) is 4.79 Å². The lowest BCUT2D eigenvalue weighted by atomic mass is 9.81. The SMILES string of the molecule is CCOCCC1(C(=O)NCC(C)(O)C(=O)O)CCCC1. The number of carbonyl (C=O) groups excluding carboxylic acids is 1. The van der Waals surface area contributed by atoms with Crippen molar-refractivity contribution in [2.75, 3.05) is 19.8 Å². The smallest absolute Gasteiger partial charge is 0.337 e. The molecule has 0 aromatic rings. The predicted molar refractivity (Wildman–Crippen MR) is 73.3 cm³/mol. The summed E-state index contributed by atoms with van der Waals surface area (Å²) in [5.74, 6) is -1.51. The maximum atomic E-state index is 12.4. The molecule has 0 radical (unpaired) electrons. The second kappa shape index (κ2) is 7.04. The molecule has 0 spiro atoms. The second-order valence-electron chi connectivity index (χ2n) is 5.70. The summed E-state index contributed by atoms with van der Waals surface area (Å²) in [5.41, 5.74) is -2.40. The Morgan fingerprint density at radius 2 is 1.95 bits per heavy atom. The molecule has 0 heterocycles. The van der Waals surface area contributed by atoms with Crippen LogP contribution in [0.25, 0.3) is 0 Å². The molecule has 1 saturated carbocycles. The molecule has 1 unspecified atom stereocenters. The number of nitrogens with one attached hydrogen (secondary N) is 1. The summed E-state index contributed by atoms with van der Waals surface area (Å²) in [6.45, 7) is 3.95. The lowest BCUT2D eigenvalue weighted by Gasteiger charge is -2.29. The molecule has 0 aliphatic heterocycles. The van der Waals surface area contributed by atoms with Crippen molar-refractivity contribution in [3.05, 3.63) is 0 Å². The van der Waals surface area contributed by atoms with Crippen LogP contribution in [0.2, 0.25) is 0 Å². The van der Waals surface area contributed by atoms with Crippen molar-refractivity contribution < 1.29 is 24.5 Å². The first-order valence-corrected chi connectivity index (χ1v) is 7.16. The van der Waals surface area contributed by atoms with E-state index in [1.54, 1.807) is 0 Å². The van der Waals surface area contributed by atoms with Crippen LogP contribution in [0.5, 0.6) is 0 Å². The summed E-state index contributed by atoms with van der Waals surface area (Å²) in [5, 5.41) is 21.1. The molecule has 1 atom stereocenters. The van der Waals surface area contributed by atoms with Gasteiger partial charge in [-0.2, -0.15) is 0 Å². The van der Waals surface area contributed by atoms with Crippen LogP contribution in [-0.2, 0) is 14.3 Å². The first-order chi connectivity index (χ1) is 9.34. The Bertz CT molecular complexity index is 347. The lowest BCUT2D eigenvalue weighted by molar-refractivity contribution is -0.156. The van der Waals surface area contributed by atoms with Gasteiger partial charge in [0.2, 0.25) is 5.91 Å². The van der Waals surface area contributed by atoms with Gasteiger partial charge in [0.05, 0.1) is 12.0 Å². The van der Waals surface area contributed by atoms with Crippen molar-refractivity contribution in [2.24, 2.45) is 5.41 Å². The molecule has 116 valence electrons. The largest absolute Gasteiger partial charge is 0.479 e. The van der Waals surface area contributed by atoms with E-state index in [1.165, 1.54) is 6.92 Å². The number of hydrogen-bond acceptors (Lipinski definition) is 4. The van der Waals surface area contributed by atoms with E-state index in [1.807, 2.05) is 6.92 Å². The van der Waals surface area contributed by atoms with Crippen molar-refractivity contribution >= 4 is 11.9 Å². The van der Waals surface area contributed by atoms with Crippen LogP contribution < -0.4 is 5.32 Å². The van der Waals surface area contributed by atoms with Gasteiger partial charge in [0.15, 0.2) is 5.60 Å². The predicted octanol–water partition coefficient (Wildman–Crippen LogP) is 0.925. The average Bonchev–Trinajstić information content (AvgIpc) is 2.86. The number of hydrogen-bond donors (Lipinski definition) is 3. The van der Waals surface area contributed by atoms with Crippen LogP contribution in [0.3, 0.4) is 0 Å². The van der Waals surface area contributed by atoms with Gasteiger partial charge < -0.3 is 20.3 Å². The Morgan fingerprint density at radius 1 is 1.35 bits per heavy atom. The van der Waals surface area contributed by atoms with Gasteiger partial charge in [-0.1, -0.05) is 12.8 Å². The van der Waals surface area contributed by atoms with E-state index in [-0.39, 0.29) is 12.5 Å². The number of aliphatic hydroxyl groups is 1. The minimum Gasteiger partial charge on any atom is -0.479 e. The van der Waals surface area contributed by atoms with Crippen LogP contribution >= 0.6 is 0 Å². The Labute approximate surface area is 119 Å². The van der Waals surface area contributed by atoms with Gasteiger partial charge in [-0.25, -0.2) is 4.79 Å². The van der Waals surface area contributed by atoms with E-state index in [9.17, 15) is 14.7 Å². The summed E-state index contributed by atoms with van der Waals surface area (Å²) >= 11 is 0. The highest BCUT2D eigenvalue weighted by atomic mass is 16.5. The number of aliphatic carboxylic acids is 1. The van der Waals surface area contributed by atoms with E-state index >= 15 is 0 Å². The van der Waals surface area contributed by atoms with Crippen LogP contribution in [0.15, 0.2) is 0 Å². The fourth-order valence-electron chi connectivity index (χ4n) is 2.57. The molecule has 6 nitrogen and oxygen atoms in total. The standard InChI is InChI=1S/C14H25NO5/c1-3-20-9-8-14(6-4-5-7-14)11(16)15-10-13(2,19)12(17)18/h19H,3-10H2,1-2H3,(H,15,16)(H,17,18). The van der Waals surface area contributed by atoms with Crippen molar-refractivity contribution in [1.82, 2.24) is 5.32 Å². The highest BCUT2D eigenvalue weighted by molar-refractivity contribution is 5.84. The molecule has 1 amide bonds. The van der Waals surface area contributed by atoms with Gasteiger partial charge in [0, 0.05) is 13.2 Å². The maximum absolute atomic E-state index is 12.4. The van der Waals surface area contributed by atoms with Crippen molar-refractivity contribution in [1.29, 1.82) is 0 Å². The van der Waals surface area contributed by atoms with E-state index < -0.39 is 17.0 Å². The summed E-state index contributed by atoms with van der Waals surface area (Å²) in [7, 11) is 0. The van der Waals surface area contributed by atoms with Crippen molar-refractivity contribution in [2.45, 2.75) is 51.6 Å². The zero-order chi connectivity index (χ0) is 15.2. The summed E-state index contributed by atoms with van der Waals surface area (Å²) in [6, 6.07) is 0. The van der Waals surface area contributed by atoms with E-state index in [2.05, 4.69) is 5.32 Å². The number of amides is 1. The van der Waals surface area contributed by atoms with Crippen LogP contribution in [-0.4, -0.2) is 47.4 Å². The molecular weight excluding hydrogens is 262 g/mol. The Kier molecular flexibility index (Phi) is 5.95. The molecule has 0 aromatic heterocycles. The first-order valence-electron chi connectivity index (χ1n) is 7.16. The van der Waals surface area contributed by atoms with E-state index in [0.29, 0.717) is 19.6 Å². The normalized spacial score (nSPS) is 20.4. The highest BCUT2D eigenvalue weighted by Gasteiger charge is 2.41. The zero-order valence-corrected chi connectivity index (χ0v) is 12.3. The molecule has 0 bridgehead atoms. The summed E-state index contributed by atoms with van der Waals surface area (Å²) in [6.07, 6.45) is 4.22. The summed E-state index contributed by atoms with van der Waals surface area (Å²) < 4.78 is 5.33. The maximum Gasteiger partial charge on any atom is 0.337 e. The molecular formula is C14H25NO5. The van der Waals surface area contributed by atoms with Gasteiger partial charge in [0.25, 0.3) is 0 Å². The number of rotatable bonds is 8. The molecule has 1 aliphatic rings. The molecule has 1 rings (SSSR count). The van der Waals surface area contributed by atoms with Gasteiger partial charge >= 0.3 is 5.97 Å². The third-order valence-corrected chi connectivity index (χ3v) is 4.03. The number of carboxylic acids is 1. The Morgan fingerprint density at radius 3 is 2.45 bits per heavy atom. The molecule has 20 heavy (non-hydrogen) atoms. The number of carboxylic acid groups (broad SMARTS) is 1. The van der Waals surface area contributed by atoms with Gasteiger partial charge in [0.1, 0.15) is 0 Å². The first kappa shape index (κ1) is 16.9. The topological polar surface area (TPSA) is 95.9 Å². The number of ether oxygens (including phenoxy) is 1. The van der Waals surface area contributed by atoms with Gasteiger partial charge in [-0.05, 0) is 33.1 Å². The summed E-state index contributed by atoms with van der Waals surface area (Å²) in [4.78, 5) is 23.2. The van der Waals surface area contributed by atoms with Crippen LogP contribution in [0.1, 0.15) is 46.0 Å². The van der Waals surface area contributed by atoms with Gasteiger partial charge in [-0.15, -0.1) is 0 Å². The van der Waals surface area contributed by atoms with E-state index in [4.69, 9.17) is 9.84 Å². The second-order valence-corrected chi connectivity index (χ2v) is 5.70. The average molecular weight is 287 g/mol. The quantitative estimate of drug-likeness (QED) is 0.577. The minimum absolute atomic E-state index is 0.170. The Balaban J connectivity index is 2.59. The fraction of sp³-hybridized carbons (Fsp3) is 0.857. The monoisotopic (exact) mass is 287 g/mol. The van der Waals surface area contributed by atoms with Crippen molar-refractivity contribution in [3.8, 4) is 0 Å². The van der Waals surface area contributed by atoms with E-state index in [0.717, 1.165) is 25.7 Å². The molecule has 3 N–H and O–H groups in total. The lowest BCUT2D eigenvalue weighted by Crippen LogP contribution is -2.50. The molecule has 0 saturated heterocycles. The third kappa shape index (κ3) is 4.18. The van der Waals surface area contributed by atoms with Crippen LogP contribution in [0.4, 0.5) is 0 Å². The van der Waals surface area contributed by atoms with Crippen molar-refractivity contribution in [3.63, 3.8) is 0 Å². The molecule has 0 aromatic carbocycles. The Hall–Kier alpha value is -1.14. The highest BCUT2D eigenvalue weighted by Crippen LogP contribution is 2.41. The third-order valence-electron chi connectivity index (χ3n) is 4.03.